The number of aromatic nitrogens is 5. The van der Waals surface area contributed by atoms with E-state index in [4.69, 9.17) is 0 Å². The van der Waals surface area contributed by atoms with Gasteiger partial charge in [-0.2, -0.15) is 0 Å². The van der Waals surface area contributed by atoms with Crippen LogP contribution >= 0.6 is 0 Å². The molecule has 3 aromatic rings. The molecule has 0 radical (unpaired) electrons. The summed E-state index contributed by atoms with van der Waals surface area (Å²) in [7, 11) is 3.82. The van der Waals surface area contributed by atoms with Gasteiger partial charge in [0.2, 0.25) is 5.95 Å². The van der Waals surface area contributed by atoms with E-state index in [1.54, 1.807) is 6.07 Å². The Morgan fingerprint density at radius 3 is 3.05 bits per heavy atom. The molecular formula is C15H17FN6. The molecule has 4 rings (SSSR count). The minimum atomic E-state index is -0.245. The SMILES string of the molecule is Cn1nnc2c1CC(Nc1nc3ccc(F)cc3n1C)CC2. The van der Waals surface area contributed by atoms with Gasteiger partial charge in [0, 0.05) is 26.6 Å². The van der Waals surface area contributed by atoms with Crippen molar-refractivity contribution in [3.05, 3.63) is 35.4 Å². The van der Waals surface area contributed by atoms with Crippen molar-refractivity contribution in [3.8, 4) is 0 Å². The molecule has 2 aromatic heterocycles. The molecule has 1 atom stereocenters. The number of benzene rings is 1. The van der Waals surface area contributed by atoms with Crippen molar-refractivity contribution in [1.82, 2.24) is 24.5 Å². The zero-order valence-electron chi connectivity index (χ0n) is 12.5. The van der Waals surface area contributed by atoms with Gasteiger partial charge in [0.25, 0.3) is 0 Å². The number of imidazole rings is 1. The molecule has 0 bridgehead atoms. The van der Waals surface area contributed by atoms with Crippen LogP contribution in [0.2, 0.25) is 0 Å². The maximum Gasteiger partial charge on any atom is 0.203 e. The highest BCUT2D eigenvalue weighted by Crippen LogP contribution is 2.24. The number of halogens is 1. The van der Waals surface area contributed by atoms with Crippen LogP contribution in [0.15, 0.2) is 18.2 Å². The molecule has 1 aliphatic carbocycles. The molecule has 2 heterocycles. The first-order valence-electron chi connectivity index (χ1n) is 7.38. The Balaban J connectivity index is 1.62. The molecule has 22 heavy (non-hydrogen) atoms. The van der Waals surface area contributed by atoms with Crippen molar-refractivity contribution in [2.24, 2.45) is 14.1 Å². The molecular weight excluding hydrogens is 283 g/mol. The highest BCUT2D eigenvalue weighted by atomic mass is 19.1. The predicted molar refractivity (Wildman–Crippen MR) is 81.1 cm³/mol. The summed E-state index contributed by atoms with van der Waals surface area (Å²) in [5.74, 6) is 0.523. The second kappa shape index (κ2) is 4.79. The highest BCUT2D eigenvalue weighted by molar-refractivity contribution is 5.78. The van der Waals surface area contributed by atoms with Crippen LogP contribution in [0.1, 0.15) is 17.8 Å². The molecule has 0 amide bonds. The zero-order chi connectivity index (χ0) is 15.3. The number of hydrogen-bond donors (Lipinski definition) is 1. The van der Waals surface area contributed by atoms with E-state index in [1.165, 1.54) is 17.8 Å². The molecule has 1 unspecified atom stereocenters. The fourth-order valence-corrected chi connectivity index (χ4v) is 3.11. The third kappa shape index (κ3) is 2.04. The Bertz CT molecular complexity index is 849. The summed E-state index contributed by atoms with van der Waals surface area (Å²) in [5.41, 5.74) is 3.85. The summed E-state index contributed by atoms with van der Waals surface area (Å²) in [4.78, 5) is 4.56. The summed E-state index contributed by atoms with van der Waals surface area (Å²) in [5, 5.41) is 11.7. The van der Waals surface area contributed by atoms with Gasteiger partial charge in [-0.05, 0) is 31.0 Å². The average molecular weight is 300 g/mol. The van der Waals surface area contributed by atoms with Gasteiger partial charge in [0.15, 0.2) is 0 Å². The third-order valence-electron chi connectivity index (χ3n) is 4.37. The Morgan fingerprint density at radius 1 is 1.32 bits per heavy atom. The van der Waals surface area contributed by atoms with Crippen molar-refractivity contribution >= 4 is 17.0 Å². The second-order valence-electron chi connectivity index (χ2n) is 5.82. The van der Waals surface area contributed by atoms with Crippen molar-refractivity contribution < 1.29 is 4.39 Å². The topological polar surface area (TPSA) is 60.6 Å². The van der Waals surface area contributed by atoms with Gasteiger partial charge in [-0.25, -0.2) is 9.37 Å². The standard InChI is InChI=1S/C15H17FN6/c1-21-13-7-9(16)3-5-11(13)18-15(21)17-10-4-6-12-14(8-10)22(2)20-19-12/h3,5,7,10H,4,6,8H2,1-2H3,(H,17,18). The van der Waals surface area contributed by atoms with Crippen LogP contribution in [0.5, 0.6) is 0 Å². The minimum Gasteiger partial charge on any atom is -0.352 e. The molecule has 7 heteroatoms. The number of nitrogens with one attached hydrogen (secondary N) is 1. The first-order valence-corrected chi connectivity index (χ1v) is 7.38. The number of nitrogens with zero attached hydrogens (tertiary/aromatic N) is 5. The Labute approximate surface area is 127 Å². The molecule has 0 aliphatic heterocycles. The Kier molecular flexibility index (Phi) is 2.88. The van der Waals surface area contributed by atoms with E-state index in [-0.39, 0.29) is 11.9 Å². The lowest BCUT2D eigenvalue weighted by Gasteiger charge is -2.23. The van der Waals surface area contributed by atoms with E-state index in [2.05, 4.69) is 20.6 Å². The Morgan fingerprint density at radius 2 is 2.18 bits per heavy atom. The summed E-state index contributed by atoms with van der Waals surface area (Å²) in [6.45, 7) is 0. The number of hydrogen-bond acceptors (Lipinski definition) is 4. The number of rotatable bonds is 2. The first kappa shape index (κ1) is 13.2. The molecule has 1 aromatic carbocycles. The average Bonchev–Trinajstić information content (AvgIpc) is 3.02. The number of anilines is 1. The smallest absolute Gasteiger partial charge is 0.203 e. The molecule has 0 saturated heterocycles. The summed E-state index contributed by atoms with van der Waals surface area (Å²) in [6.07, 6.45) is 2.78. The fraction of sp³-hybridized carbons (Fsp3) is 0.400. The van der Waals surface area contributed by atoms with Gasteiger partial charge in [-0.3, -0.25) is 4.68 Å². The largest absolute Gasteiger partial charge is 0.352 e. The molecule has 0 fully saturated rings. The maximum absolute atomic E-state index is 13.4. The van der Waals surface area contributed by atoms with E-state index in [1.807, 2.05) is 23.3 Å². The van der Waals surface area contributed by atoms with Crippen LogP contribution < -0.4 is 5.32 Å². The fourth-order valence-electron chi connectivity index (χ4n) is 3.11. The van der Waals surface area contributed by atoms with Gasteiger partial charge < -0.3 is 9.88 Å². The van der Waals surface area contributed by atoms with Gasteiger partial charge in [0.05, 0.1) is 22.4 Å². The molecule has 1 N–H and O–H groups in total. The lowest BCUT2D eigenvalue weighted by atomic mass is 9.96. The van der Waals surface area contributed by atoms with E-state index < -0.39 is 0 Å². The van der Waals surface area contributed by atoms with Crippen LogP contribution in [0, 0.1) is 5.82 Å². The summed E-state index contributed by atoms with van der Waals surface area (Å²) >= 11 is 0. The minimum absolute atomic E-state index is 0.245. The van der Waals surface area contributed by atoms with E-state index >= 15 is 0 Å². The monoisotopic (exact) mass is 300 g/mol. The van der Waals surface area contributed by atoms with Gasteiger partial charge >= 0.3 is 0 Å². The zero-order valence-corrected chi connectivity index (χ0v) is 12.5. The first-order chi connectivity index (χ1) is 10.6. The summed E-state index contributed by atoms with van der Waals surface area (Å²) in [6, 6.07) is 4.94. The lowest BCUT2D eigenvalue weighted by molar-refractivity contribution is 0.569. The molecule has 0 saturated carbocycles. The number of fused-ring (bicyclic) bond motifs is 2. The highest BCUT2D eigenvalue weighted by Gasteiger charge is 2.24. The molecule has 1 aliphatic rings. The second-order valence-corrected chi connectivity index (χ2v) is 5.82. The third-order valence-corrected chi connectivity index (χ3v) is 4.37. The van der Waals surface area contributed by atoms with Crippen molar-refractivity contribution in [1.29, 1.82) is 0 Å². The van der Waals surface area contributed by atoms with Crippen LogP contribution in [-0.2, 0) is 26.9 Å². The number of aryl methyl sites for hydroxylation is 3. The van der Waals surface area contributed by atoms with Crippen LogP contribution in [0.3, 0.4) is 0 Å². The Hall–Kier alpha value is -2.44. The quantitative estimate of drug-likeness (QED) is 0.784. The van der Waals surface area contributed by atoms with Crippen LogP contribution in [0.4, 0.5) is 10.3 Å². The van der Waals surface area contributed by atoms with Crippen molar-refractivity contribution in [3.63, 3.8) is 0 Å². The van der Waals surface area contributed by atoms with Crippen LogP contribution in [-0.4, -0.2) is 30.6 Å². The van der Waals surface area contributed by atoms with Gasteiger partial charge in [0.1, 0.15) is 5.82 Å². The van der Waals surface area contributed by atoms with E-state index in [0.29, 0.717) is 0 Å². The van der Waals surface area contributed by atoms with Crippen LogP contribution in [0.25, 0.3) is 11.0 Å². The van der Waals surface area contributed by atoms with Gasteiger partial charge in [-0.1, -0.05) is 5.21 Å². The normalized spacial score (nSPS) is 17.7. The van der Waals surface area contributed by atoms with Crippen molar-refractivity contribution in [2.45, 2.75) is 25.3 Å². The predicted octanol–water partition coefficient (Wildman–Crippen LogP) is 1.81. The van der Waals surface area contributed by atoms with E-state index in [0.717, 1.165) is 41.9 Å². The molecule has 6 nitrogen and oxygen atoms in total. The molecule has 0 spiro atoms. The molecule has 114 valence electrons. The lowest BCUT2D eigenvalue weighted by Crippen LogP contribution is -2.29. The maximum atomic E-state index is 13.4. The van der Waals surface area contributed by atoms with Gasteiger partial charge in [-0.15, -0.1) is 5.10 Å². The van der Waals surface area contributed by atoms with Crippen molar-refractivity contribution in [2.75, 3.05) is 5.32 Å². The summed E-state index contributed by atoms with van der Waals surface area (Å²) < 4.78 is 17.1. The van der Waals surface area contributed by atoms with E-state index in [9.17, 15) is 4.39 Å².